The Morgan fingerprint density at radius 1 is 1.07 bits per heavy atom. The molecular weight excluding hydrogens is 346 g/mol. The summed E-state index contributed by atoms with van der Waals surface area (Å²) in [5.41, 5.74) is 2.52. The van der Waals surface area contributed by atoms with Gasteiger partial charge in [0.2, 0.25) is 0 Å². The van der Waals surface area contributed by atoms with E-state index in [0.29, 0.717) is 30.4 Å². The number of carbonyl (C=O) groups is 2. The molecule has 1 amide bonds. The molecule has 0 saturated carbocycles. The van der Waals surface area contributed by atoms with E-state index < -0.39 is 12.1 Å². The van der Waals surface area contributed by atoms with Crippen LogP contribution in [0, 0.1) is 6.92 Å². The maximum Gasteiger partial charge on any atom is 0.331 e. The van der Waals surface area contributed by atoms with E-state index >= 15 is 0 Å². The molecule has 2 aromatic rings. The van der Waals surface area contributed by atoms with Crippen molar-refractivity contribution in [2.75, 3.05) is 18.5 Å². The van der Waals surface area contributed by atoms with Crippen molar-refractivity contribution in [3.8, 4) is 11.5 Å². The third kappa shape index (κ3) is 5.10. The van der Waals surface area contributed by atoms with Crippen molar-refractivity contribution in [2.45, 2.75) is 20.0 Å². The van der Waals surface area contributed by atoms with Crippen molar-refractivity contribution in [2.24, 2.45) is 0 Å². The number of rotatable bonds is 5. The molecule has 0 aromatic heterocycles. The van der Waals surface area contributed by atoms with Crippen molar-refractivity contribution in [1.82, 2.24) is 0 Å². The van der Waals surface area contributed by atoms with Gasteiger partial charge in [-0.25, -0.2) is 4.79 Å². The van der Waals surface area contributed by atoms with Crippen LogP contribution in [0.5, 0.6) is 11.5 Å². The number of hydrogen-bond donors (Lipinski definition) is 1. The third-order valence-electron chi connectivity index (χ3n) is 3.96. The predicted molar refractivity (Wildman–Crippen MR) is 102 cm³/mol. The molecule has 0 spiro atoms. The monoisotopic (exact) mass is 367 g/mol. The number of nitrogens with one attached hydrogen (secondary N) is 1. The normalized spacial score (nSPS) is 13.9. The van der Waals surface area contributed by atoms with E-state index in [1.54, 1.807) is 30.3 Å². The van der Waals surface area contributed by atoms with Gasteiger partial charge >= 0.3 is 5.97 Å². The second-order valence-corrected chi connectivity index (χ2v) is 6.17. The Morgan fingerprint density at radius 2 is 1.78 bits per heavy atom. The molecule has 0 unspecified atom stereocenters. The molecule has 6 heteroatoms. The average Bonchev–Trinajstić information content (AvgIpc) is 2.68. The number of benzene rings is 2. The standard InChI is InChI=1S/C21H21NO5/c1-14-3-7-17(8-4-14)22-21(24)15(2)27-20(23)10-6-16-5-9-18-19(13-16)26-12-11-25-18/h3-10,13,15H,11-12H2,1-2H3,(H,22,24)/b10-6+/t15-/m0/s1. The lowest BCUT2D eigenvalue weighted by Gasteiger charge is -2.18. The summed E-state index contributed by atoms with van der Waals surface area (Å²) in [5.74, 6) is 0.335. The predicted octanol–water partition coefficient (Wildman–Crippen LogP) is 3.35. The number of fused-ring (bicyclic) bond motifs is 1. The number of ether oxygens (including phenoxy) is 3. The maximum absolute atomic E-state index is 12.1. The molecule has 6 nitrogen and oxygen atoms in total. The zero-order valence-corrected chi connectivity index (χ0v) is 15.2. The summed E-state index contributed by atoms with van der Waals surface area (Å²) in [6.07, 6.45) is 1.97. The Morgan fingerprint density at radius 3 is 2.52 bits per heavy atom. The van der Waals surface area contributed by atoms with Gasteiger partial charge in [0.05, 0.1) is 0 Å². The molecule has 0 saturated heterocycles. The highest BCUT2D eigenvalue weighted by molar-refractivity contribution is 5.96. The van der Waals surface area contributed by atoms with Crippen LogP contribution in [-0.4, -0.2) is 31.2 Å². The summed E-state index contributed by atoms with van der Waals surface area (Å²) < 4.78 is 16.1. The molecule has 3 rings (SSSR count). The number of hydrogen-bond acceptors (Lipinski definition) is 5. The summed E-state index contributed by atoms with van der Waals surface area (Å²) in [6, 6.07) is 12.8. The minimum absolute atomic E-state index is 0.389. The molecule has 1 aliphatic rings. The van der Waals surface area contributed by atoms with Crippen LogP contribution in [0.4, 0.5) is 5.69 Å². The summed E-state index contributed by atoms with van der Waals surface area (Å²) in [6.45, 7) is 4.51. The number of carbonyl (C=O) groups excluding carboxylic acids is 2. The SMILES string of the molecule is Cc1ccc(NC(=O)[C@H](C)OC(=O)/C=C/c2ccc3c(c2)OCCO3)cc1. The van der Waals surface area contributed by atoms with Crippen LogP contribution in [0.3, 0.4) is 0 Å². The highest BCUT2D eigenvalue weighted by Gasteiger charge is 2.17. The fourth-order valence-corrected chi connectivity index (χ4v) is 2.48. The van der Waals surface area contributed by atoms with Crippen LogP contribution < -0.4 is 14.8 Å². The first-order chi connectivity index (χ1) is 13.0. The van der Waals surface area contributed by atoms with Gasteiger partial charge in [0.15, 0.2) is 17.6 Å². The Kier molecular flexibility index (Phi) is 5.76. The van der Waals surface area contributed by atoms with Crippen LogP contribution >= 0.6 is 0 Å². The molecule has 1 aliphatic heterocycles. The molecule has 27 heavy (non-hydrogen) atoms. The molecule has 140 valence electrons. The van der Waals surface area contributed by atoms with E-state index in [1.807, 2.05) is 25.1 Å². The third-order valence-corrected chi connectivity index (χ3v) is 3.96. The topological polar surface area (TPSA) is 73.9 Å². The quantitative estimate of drug-likeness (QED) is 0.648. The van der Waals surface area contributed by atoms with E-state index in [9.17, 15) is 9.59 Å². The van der Waals surface area contributed by atoms with E-state index in [2.05, 4.69) is 5.32 Å². The lowest BCUT2D eigenvalue weighted by atomic mass is 10.2. The van der Waals surface area contributed by atoms with Gasteiger partial charge in [0, 0.05) is 11.8 Å². The van der Waals surface area contributed by atoms with Crippen molar-refractivity contribution in [3.63, 3.8) is 0 Å². The highest BCUT2D eigenvalue weighted by atomic mass is 16.6. The molecule has 1 heterocycles. The first-order valence-corrected chi connectivity index (χ1v) is 8.67. The van der Waals surface area contributed by atoms with Crippen molar-refractivity contribution in [1.29, 1.82) is 0 Å². The van der Waals surface area contributed by atoms with Crippen molar-refractivity contribution >= 4 is 23.6 Å². The smallest absolute Gasteiger partial charge is 0.331 e. The Hall–Kier alpha value is -3.28. The van der Waals surface area contributed by atoms with Crippen LogP contribution in [0.1, 0.15) is 18.1 Å². The summed E-state index contributed by atoms with van der Waals surface area (Å²) in [5, 5.41) is 2.71. The Labute approximate surface area is 157 Å². The fraction of sp³-hybridized carbons (Fsp3) is 0.238. The van der Waals surface area contributed by atoms with Crippen LogP contribution in [0.2, 0.25) is 0 Å². The molecule has 1 atom stereocenters. The minimum atomic E-state index is -0.913. The van der Waals surface area contributed by atoms with Crippen molar-refractivity contribution in [3.05, 3.63) is 59.7 Å². The average molecular weight is 367 g/mol. The summed E-state index contributed by atoms with van der Waals surface area (Å²) in [7, 11) is 0. The Bertz CT molecular complexity index is 857. The lowest BCUT2D eigenvalue weighted by molar-refractivity contribution is -0.148. The first-order valence-electron chi connectivity index (χ1n) is 8.67. The van der Waals surface area contributed by atoms with E-state index in [1.165, 1.54) is 13.0 Å². The molecule has 1 N–H and O–H groups in total. The fourth-order valence-electron chi connectivity index (χ4n) is 2.48. The second kappa shape index (κ2) is 8.40. The van der Waals surface area contributed by atoms with Crippen molar-refractivity contribution < 1.29 is 23.8 Å². The zero-order chi connectivity index (χ0) is 19.2. The highest BCUT2D eigenvalue weighted by Crippen LogP contribution is 2.31. The molecule has 2 aromatic carbocycles. The van der Waals surface area contributed by atoms with Gasteiger partial charge in [-0.1, -0.05) is 23.8 Å². The molecule has 0 radical (unpaired) electrons. The van der Waals surface area contributed by atoms with Gasteiger partial charge in [-0.15, -0.1) is 0 Å². The van der Waals surface area contributed by atoms with E-state index in [4.69, 9.17) is 14.2 Å². The van der Waals surface area contributed by atoms with Crippen LogP contribution in [0.15, 0.2) is 48.5 Å². The summed E-state index contributed by atoms with van der Waals surface area (Å²) >= 11 is 0. The molecule has 0 fully saturated rings. The number of amides is 1. The van der Waals surface area contributed by atoms with Gasteiger partial charge in [-0.3, -0.25) is 4.79 Å². The van der Waals surface area contributed by atoms with Gasteiger partial charge in [-0.2, -0.15) is 0 Å². The molecule has 0 bridgehead atoms. The molecular formula is C21H21NO5. The van der Waals surface area contributed by atoms with Crippen LogP contribution in [-0.2, 0) is 14.3 Å². The van der Waals surface area contributed by atoms with E-state index in [-0.39, 0.29) is 5.91 Å². The Balaban J connectivity index is 1.54. The maximum atomic E-state index is 12.1. The van der Waals surface area contributed by atoms with Crippen LogP contribution in [0.25, 0.3) is 6.08 Å². The van der Waals surface area contributed by atoms with Gasteiger partial charge in [0.1, 0.15) is 13.2 Å². The second-order valence-electron chi connectivity index (χ2n) is 6.17. The van der Waals surface area contributed by atoms with E-state index in [0.717, 1.165) is 11.1 Å². The van der Waals surface area contributed by atoms with Gasteiger partial charge in [0.25, 0.3) is 5.91 Å². The number of anilines is 1. The summed E-state index contributed by atoms with van der Waals surface area (Å²) in [4.78, 5) is 24.1. The number of aryl methyl sites for hydroxylation is 1. The first kappa shape index (κ1) is 18.5. The zero-order valence-electron chi connectivity index (χ0n) is 15.2. The largest absolute Gasteiger partial charge is 0.486 e. The minimum Gasteiger partial charge on any atom is -0.486 e. The van der Waals surface area contributed by atoms with Gasteiger partial charge < -0.3 is 19.5 Å². The van der Waals surface area contributed by atoms with Gasteiger partial charge in [-0.05, 0) is 49.8 Å². The molecule has 0 aliphatic carbocycles. The lowest BCUT2D eigenvalue weighted by Crippen LogP contribution is -2.29. The number of esters is 1.